The molecule has 3 aliphatic rings. The Morgan fingerprint density at radius 1 is 1.23 bits per heavy atom. The van der Waals surface area contributed by atoms with Gasteiger partial charge in [-0.15, -0.1) is 5.53 Å². The molecule has 39 heavy (non-hydrogen) atoms. The second-order valence-corrected chi connectivity index (χ2v) is 11.5. The fraction of sp³-hybridized carbons (Fsp3) is 0.379. The first-order valence-corrected chi connectivity index (χ1v) is 13.6. The number of nitrogens with one attached hydrogen (secondary N) is 4. The lowest BCUT2D eigenvalue weighted by atomic mass is 9.81. The molecule has 0 spiro atoms. The number of hydrazine groups is 2. The van der Waals surface area contributed by atoms with Crippen LogP contribution in [0.2, 0.25) is 5.02 Å². The van der Waals surface area contributed by atoms with Crippen LogP contribution >= 0.6 is 11.6 Å². The minimum absolute atomic E-state index is 0.110. The number of benzene rings is 2. The predicted molar refractivity (Wildman–Crippen MR) is 150 cm³/mol. The van der Waals surface area contributed by atoms with Crippen molar-refractivity contribution in [3.8, 4) is 6.07 Å². The number of rotatable bonds is 7. The van der Waals surface area contributed by atoms with Crippen LogP contribution < -0.4 is 21.6 Å². The Balaban J connectivity index is 1.40. The Labute approximate surface area is 232 Å². The first-order chi connectivity index (χ1) is 18.8. The summed E-state index contributed by atoms with van der Waals surface area (Å²) in [4.78, 5) is 4.51. The van der Waals surface area contributed by atoms with Crippen LogP contribution in [-0.2, 0) is 4.74 Å². The summed E-state index contributed by atoms with van der Waals surface area (Å²) < 4.78 is 19.5. The number of nitriles is 1. The maximum atomic E-state index is 13.8. The van der Waals surface area contributed by atoms with E-state index in [4.69, 9.17) is 16.3 Å². The quantitative estimate of drug-likeness (QED) is 0.303. The van der Waals surface area contributed by atoms with Gasteiger partial charge >= 0.3 is 0 Å². The molecule has 8 nitrogen and oxygen atoms in total. The van der Waals surface area contributed by atoms with E-state index in [0.29, 0.717) is 41.0 Å². The predicted octanol–water partition coefficient (Wildman–Crippen LogP) is 5.61. The summed E-state index contributed by atoms with van der Waals surface area (Å²) in [5.41, 5.74) is 10.7. The van der Waals surface area contributed by atoms with Gasteiger partial charge in [0.15, 0.2) is 0 Å². The van der Waals surface area contributed by atoms with Gasteiger partial charge in [0.1, 0.15) is 11.9 Å². The number of aromatic nitrogens is 1. The van der Waals surface area contributed by atoms with Gasteiger partial charge in [0.25, 0.3) is 0 Å². The van der Waals surface area contributed by atoms with E-state index in [0.717, 1.165) is 41.6 Å². The summed E-state index contributed by atoms with van der Waals surface area (Å²) in [5.74, 6) is -0.292. The fourth-order valence-electron chi connectivity index (χ4n) is 5.25. The van der Waals surface area contributed by atoms with Crippen LogP contribution in [0, 0.1) is 22.6 Å². The van der Waals surface area contributed by atoms with Gasteiger partial charge in [0, 0.05) is 47.6 Å². The Kier molecular flexibility index (Phi) is 6.71. The van der Waals surface area contributed by atoms with Crippen molar-refractivity contribution in [2.45, 2.75) is 51.2 Å². The highest BCUT2D eigenvalue weighted by Crippen LogP contribution is 2.39. The molecule has 2 fully saturated rings. The highest BCUT2D eigenvalue weighted by Gasteiger charge is 2.34. The molecule has 1 aliphatic carbocycles. The van der Waals surface area contributed by atoms with E-state index in [2.05, 4.69) is 57.7 Å². The van der Waals surface area contributed by atoms with Crippen LogP contribution in [0.5, 0.6) is 0 Å². The van der Waals surface area contributed by atoms with E-state index < -0.39 is 0 Å². The lowest BCUT2D eigenvalue weighted by molar-refractivity contribution is 0.00350. The van der Waals surface area contributed by atoms with Crippen molar-refractivity contribution < 1.29 is 9.13 Å². The molecule has 6 rings (SSSR count). The summed E-state index contributed by atoms with van der Waals surface area (Å²) in [6, 6.07) is 12.8. The van der Waals surface area contributed by atoms with Gasteiger partial charge < -0.3 is 20.8 Å². The first-order valence-electron chi connectivity index (χ1n) is 13.2. The molecule has 1 aromatic heterocycles. The minimum Gasteiger partial charge on any atom is -0.381 e. The van der Waals surface area contributed by atoms with Crippen LogP contribution in [-0.4, -0.2) is 35.3 Å². The Bertz CT molecular complexity index is 1470. The molecule has 2 atom stereocenters. The lowest BCUT2D eigenvalue weighted by Gasteiger charge is -2.39. The highest BCUT2D eigenvalue weighted by molar-refractivity contribution is 6.35. The largest absolute Gasteiger partial charge is 0.381 e. The number of nitrogens with zero attached hydrogens (tertiary/aromatic N) is 3. The number of hydrogen-bond acceptors (Lipinski definition) is 8. The average Bonchev–Trinajstić information content (AvgIpc) is 3.66. The van der Waals surface area contributed by atoms with Crippen molar-refractivity contribution in [2.24, 2.45) is 5.41 Å². The Morgan fingerprint density at radius 3 is 2.74 bits per heavy atom. The minimum atomic E-state index is -0.312. The number of fused-ring (bicyclic) bond motifs is 1. The van der Waals surface area contributed by atoms with Crippen molar-refractivity contribution in [3.63, 3.8) is 0 Å². The first kappa shape index (κ1) is 25.7. The SMILES string of the molecule is CC1(C)COCC[C@@H]1Nc1c(C#N)cnc2c(Cl)cc(NC(C3=CN(C4CC4)NN3)c3ccc(F)cc3)cc12. The van der Waals surface area contributed by atoms with Gasteiger partial charge in [-0.05, 0) is 49.1 Å². The summed E-state index contributed by atoms with van der Waals surface area (Å²) >= 11 is 6.78. The fourth-order valence-corrected chi connectivity index (χ4v) is 5.52. The Morgan fingerprint density at radius 2 is 2.03 bits per heavy atom. The van der Waals surface area contributed by atoms with Gasteiger partial charge in [0.05, 0.1) is 40.1 Å². The summed E-state index contributed by atoms with van der Waals surface area (Å²) in [5, 5.41) is 20.5. The topological polar surface area (TPSA) is 97.3 Å². The molecule has 202 valence electrons. The molecule has 0 amide bonds. The van der Waals surface area contributed by atoms with Crippen molar-refractivity contribution in [2.75, 3.05) is 23.8 Å². The van der Waals surface area contributed by atoms with Crippen molar-refractivity contribution in [3.05, 3.63) is 76.5 Å². The van der Waals surface area contributed by atoms with E-state index in [1.807, 2.05) is 12.1 Å². The standard InChI is InChI=1S/C29H31ClFN7O/c1-29(2)16-39-10-9-25(29)35-26-18(13-32)14-33-28-22(26)11-20(12-23(28)30)34-27(17-3-5-19(31)6-4-17)24-15-38(37-36-24)21-7-8-21/h3-6,11-12,14-15,21,25,27,34,36-37H,7-10,16H2,1-2H3,(H,33,35)/t25-,27?/m0/s1. The van der Waals surface area contributed by atoms with Gasteiger partial charge in [-0.2, -0.15) is 5.26 Å². The molecule has 1 saturated carbocycles. The molecule has 2 aromatic carbocycles. The molecule has 4 N–H and O–H groups in total. The number of halogens is 2. The molecule has 3 heterocycles. The van der Waals surface area contributed by atoms with Gasteiger partial charge in [-0.3, -0.25) is 9.99 Å². The lowest BCUT2D eigenvalue weighted by Crippen LogP contribution is -2.44. The molecule has 0 radical (unpaired) electrons. The van der Waals surface area contributed by atoms with Crippen LogP contribution in [0.3, 0.4) is 0 Å². The maximum Gasteiger partial charge on any atom is 0.123 e. The monoisotopic (exact) mass is 547 g/mol. The third kappa shape index (κ3) is 5.20. The number of pyridine rings is 1. The molecule has 3 aromatic rings. The van der Waals surface area contributed by atoms with E-state index in [9.17, 15) is 9.65 Å². The van der Waals surface area contributed by atoms with Gasteiger partial charge in [-0.25, -0.2) is 4.39 Å². The second kappa shape index (κ2) is 10.2. The molecule has 1 saturated heterocycles. The van der Waals surface area contributed by atoms with Crippen LogP contribution in [0.25, 0.3) is 10.9 Å². The zero-order valence-electron chi connectivity index (χ0n) is 21.9. The molecular weight excluding hydrogens is 517 g/mol. The van der Waals surface area contributed by atoms with E-state index in [-0.39, 0.29) is 23.3 Å². The van der Waals surface area contributed by atoms with E-state index >= 15 is 0 Å². The summed E-state index contributed by atoms with van der Waals surface area (Å²) in [6.07, 6.45) is 6.73. The Hall–Kier alpha value is -3.58. The third-order valence-electron chi connectivity index (χ3n) is 7.71. The van der Waals surface area contributed by atoms with Crippen molar-refractivity contribution in [1.29, 1.82) is 5.26 Å². The van der Waals surface area contributed by atoms with E-state index in [1.165, 1.54) is 12.1 Å². The number of ether oxygens (including phenoxy) is 1. The third-order valence-corrected chi connectivity index (χ3v) is 7.99. The van der Waals surface area contributed by atoms with Gasteiger partial charge in [-0.1, -0.05) is 37.6 Å². The zero-order chi connectivity index (χ0) is 27.1. The summed E-state index contributed by atoms with van der Waals surface area (Å²) in [7, 11) is 0. The van der Waals surface area contributed by atoms with Crippen LogP contribution in [0.15, 0.2) is 54.5 Å². The molecule has 1 unspecified atom stereocenters. The number of hydrogen-bond donors (Lipinski definition) is 4. The van der Waals surface area contributed by atoms with Crippen LogP contribution in [0.1, 0.15) is 50.3 Å². The van der Waals surface area contributed by atoms with E-state index in [1.54, 1.807) is 18.3 Å². The van der Waals surface area contributed by atoms with Crippen molar-refractivity contribution in [1.82, 2.24) is 21.0 Å². The van der Waals surface area contributed by atoms with Crippen LogP contribution in [0.4, 0.5) is 15.8 Å². The molecule has 2 aliphatic heterocycles. The molecular formula is C29H31ClFN7O. The molecule has 10 heteroatoms. The average molecular weight is 548 g/mol. The maximum absolute atomic E-state index is 13.8. The van der Waals surface area contributed by atoms with Crippen molar-refractivity contribution >= 4 is 33.9 Å². The zero-order valence-corrected chi connectivity index (χ0v) is 22.6. The summed E-state index contributed by atoms with van der Waals surface area (Å²) in [6.45, 7) is 5.62. The molecule has 0 bridgehead atoms. The smallest absolute Gasteiger partial charge is 0.123 e. The second-order valence-electron chi connectivity index (χ2n) is 11.1. The normalized spacial score (nSPS) is 21.2. The number of anilines is 2. The van der Waals surface area contributed by atoms with Gasteiger partial charge in [0.2, 0.25) is 0 Å². The highest BCUT2D eigenvalue weighted by atomic mass is 35.5.